The number of nitrogens with zero attached hydrogens (tertiary/aromatic N) is 1. The Morgan fingerprint density at radius 1 is 1.35 bits per heavy atom. The molecule has 1 saturated carbocycles. The van der Waals surface area contributed by atoms with E-state index in [0.717, 1.165) is 18.9 Å². The third kappa shape index (κ3) is 3.41. The van der Waals surface area contributed by atoms with E-state index in [0.29, 0.717) is 12.5 Å². The van der Waals surface area contributed by atoms with Gasteiger partial charge in [-0.3, -0.25) is 14.9 Å². The minimum Gasteiger partial charge on any atom is -0.352 e. The molecule has 1 amide bonds. The van der Waals surface area contributed by atoms with Gasteiger partial charge in [0.05, 0.1) is 9.95 Å². The molecule has 1 aromatic rings. The van der Waals surface area contributed by atoms with E-state index in [9.17, 15) is 14.9 Å². The second-order valence-corrected chi connectivity index (χ2v) is 5.69. The standard InChI is InChI=1S/C13H14Cl2N2O3/c14-10-5-9(6-11(12(10)15)17(19)20)13(18)16-7-8-3-1-2-4-8/h5-6,8H,1-4,7H2,(H,16,18). The molecule has 1 N–H and O–H groups in total. The molecule has 7 heteroatoms. The van der Waals surface area contributed by atoms with E-state index in [1.165, 1.54) is 18.9 Å². The highest BCUT2D eigenvalue weighted by molar-refractivity contribution is 6.43. The maximum atomic E-state index is 12.0. The highest BCUT2D eigenvalue weighted by atomic mass is 35.5. The smallest absolute Gasteiger partial charge is 0.290 e. The van der Waals surface area contributed by atoms with Gasteiger partial charge in [-0.2, -0.15) is 0 Å². The molecule has 108 valence electrons. The summed E-state index contributed by atoms with van der Waals surface area (Å²) in [5.74, 6) is 0.135. The molecule has 0 unspecified atom stereocenters. The lowest BCUT2D eigenvalue weighted by atomic mass is 10.1. The third-order valence-electron chi connectivity index (χ3n) is 3.49. The van der Waals surface area contributed by atoms with Gasteiger partial charge in [-0.05, 0) is 24.8 Å². The molecule has 0 heterocycles. The maximum absolute atomic E-state index is 12.0. The van der Waals surface area contributed by atoms with Gasteiger partial charge in [-0.1, -0.05) is 36.0 Å². The number of benzene rings is 1. The number of carbonyl (C=O) groups is 1. The van der Waals surface area contributed by atoms with Crippen LogP contribution in [-0.2, 0) is 0 Å². The van der Waals surface area contributed by atoms with Crippen LogP contribution in [-0.4, -0.2) is 17.4 Å². The minimum atomic E-state index is -0.651. The van der Waals surface area contributed by atoms with Crippen molar-refractivity contribution in [2.75, 3.05) is 6.54 Å². The molecular weight excluding hydrogens is 303 g/mol. The summed E-state index contributed by atoms with van der Waals surface area (Å²) < 4.78 is 0. The lowest BCUT2D eigenvalue weighted by molar-refractivity contribution is -0.384. The molecule has 1 aliphatic carbocycles. The Labute approximate surface area is 126 Å². The number of carbonyl (C=O) groups excluding carboxylic acids is 1. The number of amides is 1. The molecule has 5 nitrogen and oxygen atoms in total. The van der Waals surface area contributed by atoms with Crippen molar-refractivity contribution in [3.63, 3.8) is 0 Å². The van der Waals surface area contributed by atoms with Gasteiger partial charge in [0.1, 0.15) is 5.02 Å². The van der Waals surface area contributed by atoms with Crippen LogP contribution in [0.4, 0.5) is 5.69 Å². The van der Waals surface area contributed by atoms with Crippen LogP contribution in [0.2, 0.25) is 10.0 Å². The topological polar surface area (TPSA) is 72.2 Å². The SMILES string of the molecule is O=C(NCC1CCCC1)c1cc(Cl)c(Cl)c([N+](=O)[O-])c1. The van der Waals surface area contributed by atoms with Gasteiger partial charge in [0.15, 0.2) is 0 Å². The number of nitrogens with one attached hydrogen (secondary N) is 1. The number of hydrogen-bond donors (Lipinski definition) is 1. The number of halogens is 2. The van der Waals surface area contributed by atoms with Crippen LogP contribution in [0.5, 0.6) is 0 Å². The van der Waals surface area contributed by atoms with Crippen molar-refractivity contribution in [2.24, 2.45) is 5.92 Å². The summed E-state index contributed by atoms with van der Waals surface area (Å²) in [7, 11) is 0. The Morgan fingerprint density at radius 3 is 2.60 bits per heavy atom. The summed E-state index contributed by atoms with van der Waals surface area (Å²) in [6, 6.07) is 2.50. The number of nitro groups is 1. The number of nitro benzene ring substituents is 1. The highest BCUT2D eigenvalue weighted by Crippen LogP contribution is 2.33. The maximum Gasteiger partial charge on any atom is 0.290 e. The molecule has 0 spiro atoms. The normalized spacial score (nSPS) is 15.3. The van der Waals surface area contributed by atoms with Gasteiger partial charge in [0.25, 0.3) is 11.6 Å². The molecule has 0 aliphatic heterocycles. The first kappa shape index (κ1) is 15.1. The molecule has 1 aliphatic rings. The van der Waals surface area contributed by atoms with Gasteiger partial charge in [0.2, 0.25) is 0 Å². The fraction of sp³-hybridized carbons (Fsp3) is 0.462. The summed E-state index contributed by atoms with van der Waals surface area (Å²) in [5, 5.41) is 13.5. The quantitative estimate of drug-likeness (QED) is 0.678. The molecule has 0 aromatic heterocycles. The Hall–Kier alpha value is -1.33. The zero-order valence-electron chi connectivity index (χ0n) is 10.7. The third-order valence-corrected chi connectivity index (χ3v) is 4.29. The summed E-state index contributed by atoms with van der Waals surface area (Å²) in [4.78, 5) is 22.2. The van der Waals surface area contributed by atoms with Crippen LogP contribution in [0.15, 0.2) is 12.1 Å². The van der Waals surface area contributed by atoms with E-state index < -0.39 is 4.92 Å². The van der Waals surface area contributed by atoms with Crippen LogP contribution in [0, 0.1) is 16.0 Å². The van der Waals surface area contributed by atoms with E-state index in [1.54, 1.807) is 0 Å². The summed E-state index contributed by atoms with van der Waals surface area (Å²) in [5.41, 5.74) is -0.200. The van der Waals surface area contributed by atoms with Crippen LogP contribution in [0.25, 0.3) is 0 Å². The van der Waals surface area contributed by atoms with Gasteiger partial charge in [-0.15, -0.1) is 0 Å². The monoisotopic (exact) mass is 316 g/mol. The zero-order chi connectivity index (χ0) is 14.7. The average Bonchev–Trinajstić information content (AvgIpc) is 2.91. The van der Waals surface area contributed by atoms with E-state index in [-0.39, 0.29) is 27.2 Å². The molecule has 1 fully saturated rings. The highest BCUT2D eigenvalue weighted by Gasteiger charge is 2.21. The molecule has 0 saturated heterocycles. The minimum absolute atomic E-state index is 0.00637. The summed E-state index contributed by atoms with van der Waals surface area (Å²) in [6.45, 7) is 0.590. The van der Waals surface area contributed by atoms with Crippen molar-refractivity contribution in [1.82, 2.24) is 5.32 Å². The Kier molecular flexibility index (Phi) is 4.83. The van der Waals surface area contributed by atoms with Crippen molar-refractivity contribution < 1.29 is 9.72 Å². The van der Waals surface area contributed by atoms with E-state index in [4.69, 9.17) is 23.2 Å². The van der Waals surface area contributed by atoms with Crippen molar-refractivity contribution in [3.05, 3.63) is 37.9 Å². The summed E-state index contributed by atoms with van der Waals surface area (Å²) in [6.07, 6.45) is 4.61. The molecular formula is C13H14Cl2N2O3. The van der Waals surface area contributed by atoms with Gasteiger partial charge in [0, 0.05) is 18.2 Å². The average molecular weight is 317 g/mol. The van der Waals surface area contributed by atoms with Crippen LogP contribution in [0.3, 0.4) is 0 Å². The van der Waals surface area contributed by atoms with E-state index in [1.807, 2.05) is 0 Å². The van der Waals surface area contributed by atoms with Crippen LogP contribution in [0.1, 0.15) is 36.0 Å². The second kappa shape index (κ2) is 6.41. The van der Waals surface area contributed by atoms with Crippen molar-refractivity contribution in [2.45, 2.75) is 25.7 Å². The molecule has 1 aromatic carbocycles. The lowest BCUT2D eigenvalue weighted by Crippen LogP contribution is -2.28. The first-order valence-corrected chi connectivity index (χ1v) is 7.16. The predicted octanol–water partition coefficient (Wildman–Crippen LogP) is 3.82. The number of rotatable bonds is 4. The molecule has 0 bridgehead atoms. The first-order valence-electron chi connectivity index (χ1n) is 6.40. The molecule has 20 heavy (non-hydrogen) atoms. The molecule has 0 atom stereocenters. The number of hydrogen-bond acceptors (Lipinski definition) is 3. The summed E-state index contributed by atoms with van der Waals surface area (Å²) >= 11 is 11.6. The van der Waals surface area contributed by atoms with Crippen molar-refractivity contribution in [3.8, 4) is 0 Å². The van der Waals surface area contributed by atoms with Crippen molar-refractivity contribution in [1.29, 1.82) is 0 Å². The van der Waals surface area contributed by atoms with Gasteiger partial charge < -0.3 is 5.32 Å². The second-order valence-electron chi connectivity index (χ2n) is 4.91. The van der Waals surface area contributed by atoms with E-state index in [2.05, 4.69) is 5.32 Å². The molecule has 0 radical (unpaired) electrons. The predicted molar refractivity (Wildman–Crippen MR) is 77.4 cm³/mol. The first-order chi connectivity index (χ1) is 9.49. The fourth-order valence-electron chi connectivity index (χ4n) is 2.39. The van der Waals surface area contributed by atoms with E-state index >= 15 is 0 Å². The zero-order valence-corrected chi connectivity index (χ0v) is 12.2. The largest absolute Gasteiger partial charge is 0.352 e. The van der Waals surface area contributed by atoms with Gasteiger partial charge >= 0.3 is 0 Å². The van der Waals surface area contributed by atoms with Crippen LogP contribution >= 0.6 is 23.2 Å². The van der Waals surface area contributed by atoms with Gasteiger partial charge in [-0.25, -0.2) is 0 Å². The Balaban J connectivity index is 2.11. The van der Waals surface area contributed by atoms with Crippen LogP contribution < -0.4 is 5.32 Å². The Morgan fingerprint density at radius 2 is 2.00 bits per heavy atom. The Bertz CT molecular complexity index is 543. The lowest BCUT2D eigenvalue weighted by Gasteiger charge is -2.11. The van der Waals surface area contributed by atoms with Crippen molar-refractivity contribution >= 4 is 34.8 Å². The fourth-order valence-corrected chi connectivity index (χ4v) is 2.78. The molecule has 2 rings (SSSR count).